The summed E-state index contributed by atoms with van der Waals surface area (Å²) >= 11 is 3.23. The molecule has 1 saturated carbocycles. The normalized spacial score (nSPS) is 17.4. The summed E-state index contributed by atoms with van der Waals surface area (Å²) in [6, 6.07) is 13.3. The van der Waals surface area contributed by atoms with Gasteiger partial charge < -0.3 is 15.5 Å². The van der Waals surface area contributed by atoms with E-state index in [9.17, 15) is 14.4 Å². The van der Waals surface area contributed by atoms with Crippen molar-refractivity contribution in [3.8, 4) is 0 Å². The van der Waals surface area contributed by atoms with Gasteiger partial charge in [0.15, 0.2) is 0 Å². The number of hydrogen-bond acceptors (Lipinski definition) is 7. The molecule has 0 radical (unpaired) electrons. The van der Waals surface area contributed by atoms with Crippen LogP contribution < -0.4 is 10.6 Å². The number of hydrogen-bond donors (Lipinski definition) is 2. The number of thioether (sulfide) groups is 2. The molecule has 0 unspecified atom stereocenters. The van der Waals surface area contributed by atoms with Crippen LogP contribution in [0.1, 0.15) is 60.9 Å². The van der Waals surface area contributed by atoms with Gasteiger partial charge in [0.05, 0.1) is 11.4 Å². The third-order valence-electron chi connectivity index (χ3n) is 8.01. The lowest BCUT2D eigenvalue weighted by Crippen LogP contribution is -2.54. The number of nitrogens with zero attached hydrogens (tertiary/aromatic N) is 3. The van der Waals surface area contributed by atoms with Gasteiger partial charge in [-0.15, -0.1) is 11.8 Å². The molecule has 1 saturated heterocycles. The maximum Gasteiger partial charge on any atom is 0.256 e. The van der Waals surface area contributed by atoms with Crippen molar-refractivity contribution in [3.63, 3.8) is 0 Å². The highest BCUT2D eigenvalue weighted by atomic mass is 32.2. The van der Waals surface area contributed by atoms with Crippen LogP contribution in [0.4, 0.5) is 0 Å². The van der Waals surface area contributed by atoms with E-state index in [4.69, 9.17) is 0 Å². The first-order chi connectivity index (χ1) is 20.5. The second kappa shape index (κ2) is 17.5. The predicted molar refractivity (Wildman–Crippen MR) is 172 cm³/mol. The van der Waals surface area contributed by atoms with E-state index in [0.717, 1.165) is 38.2 Å². The van der Waals surface area contributed by atoms with Crippen molar-refractivity contribution in [1.82, 2.24) is 25.4 Å². The molecule has 2 aliphatic rings. The van der Waals surface area contributed by atoms with Crippen molar-refractivity contribution in [2.24, 2.45) is 5.92 Å². The fraction of sp³-hybridized carbons (Fsp3) is 0.562. The zero-order valence-corrected chi connectivity index (χ0v) is 26.3. The van der Waals surface area contributed by atoms with E-state index in [2.05, 4.69) is 44.8 Å². The zero-order chi connectivity index (χ0) is 29.6. The largest absolute Gasteiger partial charge is 0.351 e. The third kappa shape index (κ3) is 10.6. The molecule has 2 N–H and O–H groups in total. The average molecular weight is 612 g/mol. The summed E-state index contributed by atoms with van der Waals surface area (Å²) in [5, 5.41) is 6.22. The van der Waals surface area contributed by atoms with Gasteiger partial charge in [-0.3, -0.25) is 24.3 Å². The van der Waals surface area contributed by atoms with E-state index in [-0.39, 0.29) is 30.3 Å². The third-order valence-corrected chi connectivity index (χ3v) is 9.86. The first-order valence-electron chi connectivity index (χ1n) is 15.1. The molecular formula is C32H45N5O3S2. The second-order valence-electron chi connectivity index (χ2n) is 11.4. The molecule has 3 amide bonds. The van der Waals surface area contributed by atoms with Gasteiger partial charge in [0.2, 0.25) is 11.8 Å². The number of carbonyl (C=O) groups excluding carboxylic acids is 3. The van der Waals surface area contributed by atoms with Crippen LogP contribution in [-0.4, -0.2) is 87.9 Å². The van der Waals surface area contributed by atoms with Gasteiger partial charge in [0, 0.05) is 43.8 Å². The molecule has 10 heteroatoms. The maximum atomic E-state index is 13.5. The minimum atomic E-state index is -0.641. The van der Waals surface area contributed by atoms with Crippen LogP contribution in [0.25, 0.3) is 0 Å². The van der Waals surface area contributed by atoms with Crippen LogP contribution in [0.2, 0.25) is 0 Å². The van der Waals surface area contributed by atoms with Crippen LogP contribution in [-0.2, 0) is 16.1 Å². The van der Waals surface area contributed by atoms with E-state index in [0.29, 0.717) is 23.1 Å². The monoisotopic (exact) mass is 611 g/mol. The van der Waals surface area contributed by atoms with Crippen molar-refractivity contribution < 1.29 is 14.4 Å². The number of carbonyl (C=O) groups is 3. The fourth-order valence-corrected chi connectivity index (χ4v) is 7.48. The van der Waals surface area contributed by atoms with Gasteiger partial charge in [-0.1, -0.05) is 49.6 Å². The molecule has 2 aromatic rings. The molecular weight excluding hydrogens is 567 g/mol. The molecule has 0 spiro atoms. The van der Waals surface area contributed by atoms with Gasteiger partial charge in [0.1, 0.15) is 12.6 Å². The number of nitrogens with one attached hydrogen (secondary N) is 2. The Morgan fingerprint density at radius 3 is 2.48 bits per heavy atom. The Bertz CT molecular complexity index is 1110. The lowest BCUT2D eigenvalue weighted by atomic mass is 9.91. The molecule has 4 rings (SSSR count). The van der Waals surface area contributed by atoms with Crippen molar-refractivity contribution in [1.29, 1.82) is 0 Å². The minimum Gasteiger partial charge on any atom is -0.351 e. The van der Waals surface area contributed by atoms with Gasteiger partial charge in [0.25, 0.3) is 5.91 Å². The Labute approximate surface area is 259 Å². The van der Waals surface area contributed by atoms with E-state index in [1.165, 1.54) is 60.5 Å². The molecule has 1 aromatic heterocycles. The highest BCUT2D eigenvalue weighted by Gasteiger charge is 2.28. The van der Waals surface area contributed by atoms with Gasteiger partial charge in [-0.2, -0.15) is 11.8 Å². The summed E-state index contributed by atoms with van der Waals surface area (Å²) in [6.45, 7) is 2.66. The van der Waals surface area contributed by atoms with Crippen molar-refractivity contribution in [2.75, 3.05) is 43.3 Å². The molecule has 2 heterocycles. The van der Waals surface area contributed by atoms with Crippen LogP contribution in [0.15, 0.2) is 54.9 Å². The lowest BCUT2D eigenvalue weighted by Gasteiger charge is -2.33. The Hall–Kier alpha value is -2.56. The Kier molecular flexibility index (Phi) is 13.5. The fourth-order valence-electron chi connectivity index (χ4n) is 5.69. The van der Waals surface area contributed by atoms with E-state index in [1.54, 1.807) is 30.1 Å². The first kappa shape index (κ1) is 32.4. The highest BCUT2D eigenvalue weighted by molar-refractivity contribution is 7.99. The molecule has 8 nitrogen and oxygen atoms in total. The van der Waals surface area contributed by atoms with Crippen molar-refractivity contribution in [2.45, 2.75) is 63.6 Å². The number of piperidine rings is 1. The lowest BCUT2D eigenvalue weighted by molar-refractivity contribution is -0.129. The van der Waals surface area contributed by atoms with Gasteiger partial charge in [-0.25, -0.2) is 0 Å². The summed E-state index contributed by atoms with van der Waals surface area (Å²) in [5.74, 6) is 1.90. The van der Waals surface area contributed by atoms with Gasteiger partial charge in [-0.05, 0) is 61.3 Å². The smallest absolute Gasteiger partial charge is 0.256 e. The highest BCUT2D eigenvalue weighted by Crippen LogP contribution is 2.27. The Morgan fingerprint density at radius 1 is 1.02 bits per heavy atom. The molecule has 1 aliphatic heterocycles. The van der Waals surface area contributed by atoms with E-state index < -0.39 is 6.04 Å². The maximum absolute atomic E-state index is 13.5. The molecule has 42 heavy (non-hydrogen) atoms. The topological polar surface area (TPSA) is 94.6 Å². The van der Waals surface area contributed by atoms with Crippen molar-refractivity contribution in [3.05, 3.63) is 66.0 Å². The summed E-state index contributed by atoms with van der Waals surface area (Å²) in [4.78, 5) is 47.8. The number of aromatic nitrogens is 1. The molecule has 1 atom stereocenters. The summed E-state index contributed by atoms with van der Waals surface area (Å²) in [7, 11) is 0. The minimum absolute atomic E-state index is 0.0902. The number of amides is 3. The SMILES string of the molecule is CSCN(CC(=O)N[C@@H](CSCC1CCCCC1)C(=O)NC1CCN(Cc2ccccc2)CC1)C(=O)c1cccnc1. The Morgan fingerprint density at radius 2 is 1.79 bits per heavy atom. The first-order valence-corrected chi connectivity index (χ1v) is 17.7. The number of pyridine rings is 1. The quantitative estimate of drug-likeness (QED) is 0.306. The Balaban J connectivity index is 1.32. The summed E-state index contributed by atoms with van der Waals surface area (Å²) < 4.78 is 0. The molecule has 1 aromatic carbocycles. The number of benzene rings is 1. The average Bonchev–Trinajstić information content (AvgIpc) is 3.02. The van der Waals surface area contributed by atoms with E-state index >= 15 is 0 Å². The zero-order valence-electron chi connectivity index (χ0n) is 24.7. The second-order valence-corrected chi connectivity index (χ2v) is 13.3. The van der Waals surface area contributed by atoms with Crippen LogP contribution in [0, 0.1) is 5.92 Å². The molecule has 0 bridgehead atoms. The van der Waals surface area contributed by atoms with E-state index in [1.807, 2.05) is 12.3 Å². The molecule has 228 valence electrons. The number of rotatable bonds is 14. The molecule has 2 fully saturated rings. The van der Waals surface area contributed by atoms with Crippen LogP contribution in [0.3, 0.4) is 0 Å². The summed E-state index contributed by atoms with van der Waals surface area (Å²) in [6.07, 6.45) is 13.2. The standard InChI is InChI=1S/C32H45N5O3S2/c1-41-24-37(32(40)27-13-8-16-33-19-27)21-30(38)35-29(23-42-22-26-11-6-3-7-12-26)31(39)34-28-14-17-36(18-15-28)20-25-9-4-2-5-10-25/h2,4-5,8-10,13,16,19,26,28-29H,3,6-7,11-12,14-15,17-18,20-24H2,1H3,(H,34,39)(H,35,38)/t29-/m0/s1. The predicted octanol–water partition coefficient (Wildman–Crippen LogP) is 4.42. The van der Waals surface area contributed by atoms with Crippen molar-refractivity contribution >= 4 is 41.2 Å². The number of likely N-dealkylation sites (tertiary alicyclic amines) is 1. The summed E-state index contributed by atoms with van der Waals surface area (Å²) in [5.41, 5.74) is 1.74. The van der Waals surface area contributed by atoms with Crippen LogP contribution in [0.5, 0.6) is 0 Å². The van der Waals surface area contributed by atoms with Gasteiger partial charge >= 0.3 is 0 Å². The van der Waals surface area contributed by atoms with Crippen LogP contribution >= 0.6 is 23.5 Å². The molecule has 1 aliphatic carbocycles.